The van der Waals surface area contributed by atoms with Gasteiger partial charge < -0.3 is 10.1 Å². The van der Waals surface area contributed by atoms with E-state index in [4.69, 9.17) is 4.74 Å². The highest BCUT2D eigenvalue weighted by molar-refractivity contribution is 7.09. The Hall–Kier alpha value is -1.43. The fourth-order valence-corrected chi connectivity index (χ4v) is 2.14. The molecule has 1 rings (SSSR count). The number of rotatable bonds is 4. The van der Waals surface area contributed by atoms with Gasteiger partial charge in [0.2, 0.25) is 0 Å². The van der Waals surface area contributed by atoms with Crippen LogP contribution < -0.4 is 5.32 Å². The number of nitrogens with zero attached hydrogens (tertiary/aromatic N) is 1. The van der Waals surface area contributed by atoms with Crippen molar-refractivity contribution in [1.82, 2.24) is 10.3 Å². The molecule has 6 heteroatoms. The Balaban J connectivity index is 2.77. The van der Waals surface area contributed by atoms with Crippen LogP contribution in [0, 0.1) is 12.8 Å². The van der Waals surface area contributed by atoms with Crippen LogP contribution in [0.3, 0.4) is 0 Å². The molecule has 1 aromatic rings. The molecule has 0 aliphatic heterocycles. The average Bonchev–Trinajstić information content (AvgIpc) is 2.69. The minimum absolute atomic E-state index is 0.0615. The van der Waals surface area contributed by atoms with Gasteiger partial charge in [0.15, 0.2) is 0 Å². The van der Waals surface area contributed by atoms with Crippen molar-refractivity contribution in [2.45, 2.75) is 53.2 Å². The Kier molecular flexibility index (Phi) is 5.28. The molecule has 1 atom stereocenters. The first-order valence-corrected chi connectivity index (χ1v) is 7.44. The fourth-order valence-electron chi connectivity index (χ4n) is 1.55. The normalized spacial score (nSPS) is 13.2. The zero-order chi connectivity index (χ0) is 15.5. The number of nitrogens with one attached hydrogen (secondary N) is 1. The second kappa shape index (κ2) is 6.35. The molecule has 0 saturated carbocycles. The summed E-state index contributed by atoms with van der Waals surface area (Å²) in [5, 5.41) is 5.19. The van der Waals surface area contributed by atoms with Gasteiger partial charge in [-0.15, -0.1) is 11.3 Å². The minimum Gasteiger partial charge on any atom is -0.458 e. The van der Waals surface area contributed by atoms with Crippen LogP contribution in [0.2, 0.25) is 0 Å². The summed E-state index contributed by atoms with van der Waals surface area (Å²) in [5.74, 6) is -0.833. The first kappa shape index (κ1) is 16.6. The quantitative estimate of drug-likeness (QED) is 0.867. The van der Waals surface area contributed by atoms with Crippen LogP contribution in [0.25, 0.3) is 0 Å². The van der Waals surface area contributed by atoms with Crippen molar-refractivity contribution in [2.24, 2.45) is 5.92 Å². The van der Waals surface area contributed by atoms with Crippen molar-refractivity contribution < 1.29 is 14.3 Å². The monoisotopic (exact) mass is 298 g/mol. The van der Waals surface area contributed by atoms with Gasteiger partial charge in [0.1, 0.15) is 17.3 Å². The zero-order valence-corrected chi connectivity index (χ0v) is 13.6. The summed E-state index contributed by atoms with van der Waals surface area (Å²) in [6.45, 7) is 11.0. The van der Waals surface area contributed by atoms with Gasteiger partial charge in [-0.3, -0.25) is 4.79 Å². The van der Waals surface area contributed by atoms with Crippen LogP contribution in [0.1, 0.15) is 50.1 Å². The van der Waals surface area contributed by atoms with Crippen LogP contribution in [0.5, 0.6) is 0 Å². The number of hydrogen-bond donors (Lipinski definition) is 1. The summed E-state index contributed by atoms with van der Waals surface area (Å²) < 4.78 is 5.33. The third kappa shape index (κ3) is 4.92. The second-order valence-electron chi connectivity index (χ2n) is 5.98. The largest absolute Gasteiger partial charge is 0.458 e. The van der Waals surface area contributed by atoms with E-state index in [-0.39, 0.29) is 11.8 Å². The van der Waals surface area contributed by atoms with Crippen molar-refractivity contribution in [3.8, 4) is 0 Å². The third-order valence-electron chi connectivity index (χ3n) is 2.47. The van der Waals surface area contributed by atoms with Gasteiger partial charge >= 0.3 is 5.97 Å². The van der Waals surface area contributed by atoms with Crippen molar-refractivity contribution >= 4 is 23.2 Å². The summed E-state index contributed by atoms with van der Waals surface area (Å²) in [6.07, 6.45) is 0. The fraction of sp³-hybridized carbons (Fsp3) is 0.643. The molecule has 5 nitrogen and oxygen atoms in total. The lowest BCUT2D eigenvalue weighted by Crippen LogP contribution is -2.47. The van der Waals surface area contributed by atoms with Crippen LogP contribution in [-0.4, -0.2) is 28.5 Å². The molecular weight excluding hydrogens is 276 g/mol. The maximum Gasteiger partial charge on any atom is 0.329 e. The highest BCUT2D eigenvalue weighted by Gasteiger charge is 2.29. The number of carbonyl (C=O) groups excluding carboxylic acids is 2. The van der Waals surface area contributed by atoms with Gasteiger partial charge in [-0.05, 0) is 33.6 Å². The lowest BCUT2D eigenvalue weighted by Gasteiger charge is -2.26. The molecule has 0 aliphatic rings. The molecule has 1 amide bonds. The van der Waals surface area contributed by atoms with Crippen molar-refractivity contribution in [2.75, 3.05) is 0 Å². The Bertz CT molecular complexity index is 489. The van der Waals surface area contributed by atoms with E-state index in [1.165, 1.54) is 11.3 Å². The molecule has 112 valence electrons. The first-order chi connectivity index (χ1) is 9.10. The molecule has 20 heavy (non-hydrogen) atoms. The van der Waals surface area contributed by atoms with Crippen molar-refractivity contribution in [3.05, 3.63) is 16.1 Å². The van der Waals surface area contributed by atoms with Crippen LogP contribution in [0.15, 0.2) is 5.38 Å². The number of hydrogen-bond acceptors (Lipinski definition) is 5. The maximum absolute atomic E-state index is 12.1. The lowest BCUT2D eigenvalue weighted by molar-refractivity contribution is -0.158. The van der Waals surface area contributed by atoms with E-state index in [2.05, 4.69) is 10.3 Å². The number of thiazole rings is 1. The van der Waals surface area contributed by atoms with Gasteiger partial charge in [0.25, 0.3) is 5.91 Å². The molecule has 0 fully saturated rings. The summed E-state index contributed by atoms with van der Waals surface area (Å²) in [5.41, 5.74) is -0.242. The summed E-state index contributed by atoms with van der Waals surface area (Å²) in [6, 6.07) is -0.677. The Morgan fingerprint density at radius 1 is 1.35 bits per heavy atom. The Morgan fingerprint density at radius 2 is 1.95 bits per heavy atom. The van der Waals surface area contributed by atoms with E-state index in [1.54, 1.807) is 26.2 Å². The Labute approximate surface area is 123 Å². The SMILES string of the molecule is Cc1nc(C(=O)N[C@@H](C(=O)OC(C)(C)C)C(C)C)cs1. The number of carbonyl (C=O) groups is 2. The Morgan fingerprint density at radius 3 is 2.35 bits per heavy atom. The highest BCUT2D eigenvalue weighted by Crippen LogP contribution is 2.14. The van der Waals surface area contributed by atoms with E-state index in [0.717, 1.165) is 5.01 Å². The van der Waals surface area contributed by atoms with E-state index in [1.807, 2.05) is 20.8 Å². The molecule has 0 saturated heterocycles. The standard InChI is InChI=1S/C14H22N2O3S/c1-8(2)11(13(18)19-14(4,5)6)16-12(17)10-7-20-9(3)15-10/h7-8,11H,1-6H3,(H,16,17)/t11-/m1/s1. The maximum atomic E-state index is 12.1. The van der Waals surface area contributed by atoms with Crippen LogP contribution >= 0.6 is 11.3 Å². The number of ether oxygens (including phenoxy) is 1. The molecule has 1 N–H and O–H groups in total. The topological polar surface area (TPSA) is 68.3 Å². The predicted molar refractivity (Wildman–Crippen MR) is 78.8 cm³/mol. The molecule has 1 aromatic heterocycles. The molecule has 0 spiro atoms. The zero-order valence-electron chi connectivity index (χ0n) is 12.8. The van der Waals surface area contributed by atoms with Gasteiger partial charge in [-0.25, -0.2) is 9.78 Å². The van der Waals surface area contributed by atoms with Gasteiger partial charge in [-0.2, -0.15) is 0 Å². The first-order valence-electron chi connectivity index (χ1n) is 6.56. The van der Waals surface area contributed by atoms with E-state index < -0.39 is 17.6 Å². The number of aromatic nitrogens is 1. The third-order valence-corrected chi connectivity index (χ3v) is 3.24. The second-order valence-corrected chi connectivity index (χ2v) is 7.04. The van der Waals surface area contributed by atoms with Gasteiger partial charge in [-0.1, -0.05) is 13.8 Å². The van der Waals surface area contributed by atoms with E-state index in [9.17, 15) is 9.59 Å². The summed E-state index contributed by atoms with van der Waals surface area (Å²) >= 11 is 1.40. The van der Waals surface area contributed by atoms with E-state index >= 15 is 0 Å². The number of amides is 1. The minimum atomic E-state index is -0.677. The smallest absolute Gasteiger partial charge is 0.329 e. The molecule has 0 aromatic carbocycles. The van der Waals surface area contributed by atoms with E-state index in [0.29, 0.717) is 5.69 Å². The van der Waals surface area contributed by atoms with Crippen molar-refractivity contribution in [3.63, 3.8) is 0 Å². The highest BCUT2D eigenvalue weighted by atomic mass is 32.1. The number of esters is 1. The van der Waals surface area contributed by atoms with Crippen LogP contribution in [0.4, 0.5) is 0 Å². The average molecular weight is 298 g/mol. The summed E-state index contributed by atoms with van der Waals surface area (Å²) in [7, 11) is 0. The molecule has 0 radical (unpaired) electrons. The molecule has 0 aliphatic carbocycles. The van der Waals surface area contributed by atoms with Crippen LogP contribution in [-0.2, 0) is 9.53 Å². The number of aryl methyl sites for hydroxylation is 1. The molecular formula is C14H22N2O3S. The molecule has 0 unspecified atom stereocenters. The predicted octanol–water partition coefficient (Wildman–Crippen LogP) is 2.55. The van der Waals surface area contributed by atoms with Gasteiger partial charge in [0, 0.05) is 5.38 Å². The lowest BCUT2D eigenvalue weighted by atomic mass is 10.0. The summed E-state index contributed by atoms with van der Waals surface area (Å²) in [4.78, 5) is 28.3. The molecule has 0 bridgehead atoms. The molecule has 1 heterocycles. The van der Waals surface area contributed by atoms with Gasteiger partial charge in [0.05, 0.1) is 5.01 Å². The van der Waals surface area contributed by atoms with Crippen molar-refractivity contribution in [1.29, 1.82) is 0 Å².